The summed E-state index contributed by atoms with van der Waals surface area (Å²) in [4.78, 5) is 0. The van der Waals surface area contributed by atoms with Gasteiger partial charge in [0.15, 0.2) is 23.1 Å². The molecule has 1 aromatic heterocycles. The molecule has 0 radical (unpaired) electrons. The number of fused-ring (bicyclic) bond motifs is 1. The molecule has 82 valence electrons. The van der Waals surface area contributed by atoms with Gasteiger partial charge in [-0.25, -0.2) is 0 Å². The number of benzene rings is 1. The predicted molar refractivity (Wildman–Crippen MR) is 57.2 cm³/mol. The van der Waals surface area contributed by atoms with Gasteiger partial charge in [-0.15, -0.1) is 0 Å². The highest BCUT2D eigenvalue weighted by Gasteiger charge is 2.22. The number of nitrogens with two attached hydrogens (primary N) is 1. The molecule has 3 rings (SSSR count). The van der Waals surface area contributed by atoms with E-state index < -0.39 is 0 Å². The van der Waals surface area contributed by atoms with Crippen molar-refractivity contribution in [2.24, 2.45) is 0 Å². The molecule has 2 N–H and O–H groups in total. The summed E-state index contributed by atoms with van der Waals surface area (Å²) in [5.74, 6) is 2.38. The molecule has 1 aromatic carbocycles. The monoisotopic (exact) mass is 218 g/mol. The first-order valence-corrected chi connectivity index (χ1v) is 4.87. The molecule has 16 heavy (non-hydrogen) atoms. The van der Waals surface area contributed by atoms with E-state index in [-0.39, 0.29) is 6.79 Å². The average Bonchev–Trinajstić information content (AvgIpc) is 2.87. The quantitative estimate of drug-likeness (QED) is 0.792. The van der Waals surface area contributed by atoms with Gasteiger partial charge in [0.05, 0.1) is 5.56 Å². The number of nitrogens with zero attached hydrogens (tertiary/aromatic N) is 1. The fraction of sp³-hybridized carbons (Fsp3) is 0.182. The zero-order valence-electron chi connectivity index (χ0n) is 8.69. The molecule has 0 spiro atoms. The highest BCUT2D eigenvalue weighted by atomic mass is 16.7. The molecule has 0 unspecified atom stereocenters. The molecule has 0 saturated heterocycles. The van der Waals surface area contributed by atoms with Crippen molar-refractivity contribution in [1.82, 2.24) is 5.16 Å². The van der Waals surface area contributed by atoms with E-state index in [1.54, 1.807) is 6.07 Å². The van der Waals surface area contributed by atoms with Gasteiger partial charge in [0.1, 0.15) is 0 Å². The standard InChI is InChI=1S/C11H10N2O3/c1-6-2-3-7(8-4-9(12)13-16-8)11-10(6)14-5-15-11/h2-4H,5H2,1H3,(H2,12,13). The van der Waals surface area contributed by atoms with Crippen molar-refractivity contribution in [3.8, 4) is 22.8 Å². The normalized spacial score (nSPS) is 13.1. The molecule has 2 aromatic rings. The lowest BCUT2D eigenvalue weighted by molar-refractivity contribution is 0.173. The van der Waals surface area contributed by atoms with Gasteiger partial charge in [0.25, 0.3) is 0 Å². The summed E-state index contributed by atoms with van der Waals surface area (Å²) in [5.41, 5.74) is 7.35. The van der Waals surface area contributed by atoms with Crippen LogP contribution in [0.15, 0.2) is 22.7 Å². The molecule has 0 atom stereocenters. The second-order valence-electron chi connectivity index (χ2n) is 3.61. The van der Waals surface area contributed by atoms with Crippen LogP contribution in [0.1, 0.15) is 5.56 Å². The van der Waals surface area contributed by atoms with Gasteiger partial charge in [-0.05, 0) is 18.6 Å². The third-order valence-corrected chi connectivity index (χ3v) is 2.51. The maximum atomic E-state index is 5.51. The Morgan fingerprint density at radius 3 is 2.81 bits per heavy atom. The molecular weight excluding hydrogens is 208 g/mol. The fourth-order valence-electron chi connectivity index (χ4n) is 1.74. The van der Waals surface area contributed by atoms with Gasteiger partial charge in [0.2, 0.25) is 6.79 Å². The third kappa shape index (κ3) is 1.21. The van der Waals surface area contributed by atoms with E-state index >= 15 is 0 Å². The third-order valence-electron chi connectivity index (χ3n) is 2.51. The highest BCUT2D eigenvalue weighted by molar-refractivity contribution is 5.73. The lowest BCUT2D eigenvalue weighted by Gasteiger charge is -2.04. The average molecular weight is 218 g/mol. The van der Waals surface area contributed by atoms with Gasteiger partial charge >= 0.3 is 0 Å². The maximum Gasteiger partial charge on any atom is 0.231 e. The lowest BCUT2D eigenvalue weighted by Crippen LogP contribution is -1.93. The first-order chi connectivity index (χ1) is 7.75. The van der Waals surface area contributed by atoms with Crippen LogP contribution in [-0.4, -0.2) is 11.9 Å². The SMILES string of the molecule is Cc1ccc(-c2cc(N)no2)c2c1OCO2. The van der Waals surface area contributed by atoms with Crippen molar-refractivity contribution in [3.63, 3.8) is 0 Å². The summed E-state index contributed by atoms with van der Waals surface area (Å²) in [6, 6.07) is 5.51. The second kappa shape index (κ2) is 3.16. The molecule has 0 amide bonds. The fourth-order valence-corrected chi connectivity index (χ4v) is 1.74. The number of hydrogen-bond acceptors (Lipinski definition) is 5. The van der Waals surface area contributed by atoms with E-state index in [0.29, 0.717) is 17.3 Å². The number of nitrogen functional groups attached to an aromatic ring is 1. The Balaban J connectivity index is 2.19. The molecule has 1 aliphatic rings. The molecule has 5 heteroatoms. The second-order valence-corrected chi connectivity index (χ2v) is 3.61. The van der Waals surface area contributed by atoms with E-state index in [1.807, 2.05) is 19.1 Å². The summed E-state index contributed by atoms with van der Waals surface area (Å²) in [5, 5.41) is 3.65. The number of hydrogen-bond donors (Lipinski definition) is 1. The summed E-state index contributed by atoms with van der Waals surface area (Å²) < 4.78 is 15.9. The van der Waals surface area contributed by atoms with Gasteiger partial charge in [-0.1, -0.05) is 11.2 Å². The van der Waals surface area contributed by atoms with Crippen molar-refractivity contribution < 1.29 is 14.0 Å². The topological polar surface area (TPSA) is 70.5 Å². The number of anilines is 1. The van der Waals surface area contributed by atoms with Gasteiger partial charge < -0.3 is 19.7 Å². The lowest BCUT2D eigenvalue weighted by atomic mass is 10.1. The van der Waals surface area contributed by atoms with Crippen LogP contribution in [0.5, 0.6) is 11.5 Å². The minimum atomic E-state index is 0.233. The van der Waals surface area contributed by atoms with Gasteiger partial charge in [0, 0.05) is 6.07 Å². The summed E-state index contributed by atoms with van der Waals surface area (Å²) in [6.45, 7) is 2.20. The molecule has 0 aliphatic carbocycles. The molecule has 0 bridgehead atoms. The van der Waals surface area contributed by atoms with Crippen molar-refractivity contribution in [2.45, 2.75) is 6.92 Å². The van der Waals surface area contributed by atoms with Crippen molar-refractivity contribution >= 4 is 5.82 Å². The number of ether oxygens (including phenoxy) is 2. The van der Waals surface area contributed by atoms with E-state index in [1.165, 1.54) is 0 Å². The molecular formula is C11H10N2O3. The molecule has 2 heterocycles. The van der Waals surface area contributed by atoms with Crippen LogP contribution < -0.4 is 15.2 Å². The Kier molecular flexibility index (Phi) is 1.80. The van der Waals surface area contributed by atoms with Crippen molar-refractivity contribution in [3.05, 3.63) is 23.8 Å². The van der Waals surface area contributed by atoms with Gasteiger partial charge in [-0.3, -0.25) is 0 Å². The van der Waals surface area contributed by atoms with E-state index in [2.05, 4.69) is 5.16 Å². The number of aromatic nitrogens is 1. The molecule has 0 fully saturated rings. The van der Waals surface area contributed by atoms with Crippen LogP contribution >= 0.6 is 0 Å². The number of rotatable bonds is 1. The highest BCUT2D eigenvalue weighted by Crippen LogP contribution is 2.43. The predicted octanol–water partition coefficient (Wildman–Crippen LogP) is 1.96. The van der Waals surface area contributed by atoms with E-state index in [9.17, 15) is 0 Å². The molecule has 1 aliphatic heterocycles. The van der Waals surface area contributed by atoms with Crippen LogP contribution in [0, 0.1) is 6.92 Å². The minimum absolute atomic E-state index is 0.233. The molecule has 5 nitrogen and oxygen atoms in total. The van der Waals surface area contributed by atoms with E-state index in [4.69, 9.17) is 19.7 Å². The van der Waals surface area contributed by atoms with Crippen LogP contribution in [-0.2, 0) is 0 Å². The molecule has 0 saturated carbocycles. The largest absolute Gasteiger partial charge is 0.453 e. The van der Waals surface area contributed by atoms with Crippen LogP contribution in [0.4, 0.5) is 5.82 Å². The Morgan fingerprint density at radius 1 is 1.25 bits per heavy atom. The van der Waals surface area contributed by atoms with Gasteiger partial charge in [-0.2, -0.15) is 0 Å². The minimum Gasteiger partial charge on any atom is -0.453 e. The number of aryl methyl sites for hydroxylation is 1. The Labute approximate surface area is 91.7 Å². The first kappa shape index (κ1) is 9.08. The zero-order chi connectivity index (χ0) is 11.1. The first-order valence-electron chi connectivity index (χ1n) is 4.87. The summed E-state index contributed by atoms with van der Waals surface area (Å²) >= 11 is 0. The van der Waals surface area contributed by atoms with Crippen molar-refractivity contribution in [1.29, 1.82) is 0 Å². The summed E-state index contributed by atoms with van der Waals surface area (Å²) in [6.07, 6.45) is 0. The smallest absolute Gasteiger partial charge is 0.231 e. The van der Waals surface area contributed by atoms with Crippen molar-refractivity contribution in [2.75, 3.05) is 12.5 Å². The van der Waals surface area contributed by atoms with E-state index in [0.717, 1.165) is 16.9 Å². The Hall–Kier alpha value is -2.17. The van der Waals surface area contributed by atoms with Crippen LogP contribution in [0.2, 0.25) is 0 Å². The Bertz CT molecular complexity index is 548. The van der Waals surface area contributed by atoms with Crippen LogP contribution in [0.25, 0.3) is 11.3 Å². The van der Waals surface area contributed by atoms with Crippen LogP contribution in [0.3, 0.4) is 0 Å². The summed E-state index contributed by atoms with van der Waals surface area (Å²) in [7, 11) is 0. The zero-order valence-corrected chi connectivity index (χ0v) is 8.69. The Morgan fingerprint density at radius 2 is 2.06 bits per heavy atom. The maximum absolute atomic E-state index is 5.51.